The largest absolute Gasteiger partial charge is 0.494 e. The minimum Gasteiger partial charge on any atom is -0.494 e. The molecule has 2 N–H and O–H groups in total. The second-order valence-electron chi connectivity index (χ2n) is 14.0. The lowest BCUT2D eigenvalue weighted by molar-refractivity contribution is 0.0599. The predicted molar refractivity (Wildman–Crippen MR) is 164 cm³/mol. The summed E-state index contributed by atoms with van der Waals surface area (Å²) in [4.78, 5) is 26.0. The van der Waals surface area contributed by atoms with Crippen LogP contribution in [0.25, 0.3) is 33.6 Å². The molecule has 8 rings (SSSR count). The number of carbonyl (C=O) groups is 1. The van der Waals surface area contributed by atoms with E-state index >= 15 is 0 Å². The molecule has 4 heterocycles. The van der Waals surface area contributed by atoms with Gasteiger partial charge < -0.3 is 24.5 Å². The Balaban J connectivity index is 1.27. The molecule has 0 unspecified atom stereocenters. The Morgan fingerprint density at radius 2 is 1.90 bits per heavy atom. The molecule has 3 atom stereocenters. The topological polar surface area (TPSA) is 91.2 Å². The first-order valence-electron chi connectivity index (χ1n) is 15.9. The van der Waals surface area contributed by atoms with Crippen LogP contribution in [0.1, 0.15) is 69.2 Å². The summed E-state index contributed by atoms with van der Waals surface area (Å²) < 4.78 is 10.8. The van der Waals surface area contributed by atoms with E-state index in [0.717, 1.165) is 66.1 Å². The molecule has 8 nitrogen and oxygen atoms in total. The molecule has 1 aromatic carbocycles. The fourth-order valence-corrected chi connectivity index (χ4v) is 8.36. The van der Waals surface area contributed by atoms with Crippen molar-refractivity contribution in [3.05, 3.63) is 42.1 Å². The van der Waals surface area contributed by atoms with E-state index in [2.05, 4.69) is 35.1 Å². The number of methoxy groups -OCH3 is 1. The Morgan fingerprint density at radius 1 is 1.10 bits per heavy atom. The lowest BCUT2D eigenvalue weighted by atomic mass is 9.62. The van der Waals surface area contributed by atoms with Gasteiger partial charge in [-0.3, -0.25) is 4.79 Å². The summed E-state index contributed by atoms with van der Waals surface area (Å²) in [7, 11) is 1.71. The first-order valence-corrected chi connectivity index (χ1v) is 15.9. The number of likely N-dealkylation sites (tertiary alicyclic amines) is 1. The van der Waals surface area contributed by atoms with Gasteiger partial charge in [-0.15, -0.1) is 0 Å². The fraction of sp³-hybridized carbons (Fsp3) is 0.559. The van der Waals surface area contributed by atoms with Gasteiger partial charge in [0.15, 0.2) is 5.82 Å². The number of ether oxygens (including phenoxy) is 1. The monoisotopic (exact) mass is 566 g/mol. The van der Waals surface area contributed by atoms with Crippen molar-refractivity contribution in [3.8, 4) is 17.3 Å². The molecule has 42 heavy (non-hydrogen) atoms. The van der Waals surface area contributed by atoms with E-state index in [-0.39, 0.29) is 18.0 Å². The number of fused-ring (bicyclic) bond motifs is 4. The standard InChI is InChI=1S/C34H42N6O2/c1-4-34(2)15-21(16-34)18-40-30-25(12-24(14-28(30)42-3)33(41)39-19-23-9-10-26(39)29(23)35)37-32(40)27-13-22-6-5-11-36-31(22)38(27)17-20-7-8-20/h5-6,11-14,20-21,23,26,29H,4,7-10,15-19,35H2,1-3H3/t21?,23-,26-,29-,34?/m1/s1. The number of nitrogens with zero attached hydrogens (tertiary/aromatic N) is 5. The maximum atomic E-state index is 13.9. The molecule has 1 saturated heterocycles. The fourth-order valence-electron chi connectivity index (χ4n) is 8.36. The van der Waals surface area contributed by atoms with Gasteiger partial charge in [-0.1, -0.05) is 20.3 Å². The van der Waals surface area contributed by atoms with E-state index < -0.39 is 0 Å². The van der Waals surface area contributed by atoms with E-state index in [4.69, 9.17) is 20.4 Å². The molecule has 4 aromatic rings. The summed E-state index contributed by atoms with van der Waals surface area (Å²) >= 11 is 0. The summed E-state index contributed by atoms with van der Waals surface area (Å²) in [5, 5.41) is 1.14. The van der Waals surface area contributed by atoms with Gasteiger partial charge in [0.05, 0.1) is 18.3 Å². The molecule has 0 radical (unpaired) electrons. The number of rotatable bonds is 8. The summed E-state index contributed by atoms with van der Waals surface area (Å²) in [6.07, 6.45) is 10.2. The maximum Gasteiger partial charge on any atom is 0.254 e. The van der Waals surface area contributed by atoms with E-state index in [1.165, 1.54) is 32.1 Å². The van der Waals surface area contributed by atoms with Crippen molar-refractivity contribution in [1.82, 2.24) is 24.0 Å². The van der Waals surface area contributed by atoms with Crippen molar-refractivity contribution in [2.75, 3.05) is 13.7 Å². The third-order valence-corrected chi connectivity index (χ3v) is 11.1. The summed E-state index contributed by atoms with van der Waals surface area (Å²) in [6, 6.07) is 10.5. The predicted octanol–water partition coefficient (Wildman–Crippen LogP) is 5.86. The molecule has 1 amide bonds. The van der Waals surface area contributed by atoms with Gasteiger partial charge in [-0.25, -0.2) is 9.97 Å². The SMILES string of the molecule is CCC1(C)CC(Cn2c(-c3cc4cccnc4n3CC3CC3)nc3cc(C(=O)N4C[C@H]5CC[C@@H]4[C@@H]5N)cc(OC)c32)C1. The number of benzene rings is 1. The van der Waals surface area contributed by atoms with Crippen LogP contribution in [0, 0.1) is 23.2 Å². The van der Waals surface area contributed by atoms with Gasteiger partial charge >= 0.3 is 0 Å². The normalized spacial score (nSPS) is 28.6. The van der Waals surface area contributed by atoms with Crippen LogP contribution in [0.5, 0.6) is 5.75 Å². The molecule has 1 aliphatic heterocycles. The number of nitrogens with two attached hydrogens (primary N) is 1. The average Bonchev–Trinajstić information content (AvgIpc) is 3.35. The average molecular weight is 567 g/mol. The molecular formula is C34H42N6O2. The Labute approximate surface area is 247 Å². The van der Waals surface area contributed by atoms with Gasteiger partial charge in [-0.05, 0) is 92.0 Å². The Morgan fingerprint density at radius 3 is 2.60 bits per heavy atom. The minimum absolute atomic E-state index is 0.0405. The van der Waals surface area contributed by atoms with Crippen molar-refractivity contribution in [3.63, 3.8) is 0 Å². The van der Waals surface area contributed by atoms with Crippen LogP contribution >= 0.6 is 0 Å². The number of pyridine rings is 1. The van der Waals surface area contributed by atoms with Crippen LogP contribution in [0.4, 0.5) is 0 Å². The number of amides is 1. The molecule has 8 heteroatoms. The third kappa shape index (κ3) is 4.08. The van der Waals surface area contributed by atoms with Gasteiger partial charge in [0.1, 0.15) is 16.9 Å². The molecule has 4 fully saturated rings. The molecule has 0 spiro atoms. The zero-order chi connectivity index (χ0) is 28.7. The highest BCUT2D eigenvalue weighted by Gasteiger charge is 2.47. The van der Waals surface area contributed by atoms with Crippen LogP contribution in [0.15, 0.2) is 36.5 Å². The van der Waals surface area contributed by atoms with Gasteiger partial charge in [0.2, 0.25) is 0 Å². The summed E-state index contributed by atoms with van der Waals surface area (Å²) in [5.41, 5.74) is 11.4. The van der Waals surface area contributed by atoms with Crippen LogP contribution in [0.2, 0.25) is 0 Å². The molecular weight excluding hydrogens is 524 g/mol. The molecule has 3 aromatic heterocycles. The van der Waals surface area contributed by atoms with E-state index in [9.17, 15) is 4.79 Å². The smallest absolute Gasteiger partial charge is 0.254 e. The Kier molecular flexibility index (Phi) is 5.98. The molecule has 2 bridgehead atoms. The zero-order valence-corrected chi connectivity index (χ0v) is 25.1. The Bertz CT molecular complexity index is 1690. The van der Waals surface area contributed by atoms with Crippen LogP contribution in [-0.2, 0) is 13.1 Å². The lowest BCUT2D eigenvalue weighted by Gasteiger charge is -2.45. The second-order valence-corrected chi connectivity index (χ2v) is 14.0. The van der Waals surface area contributed by atoms with E-state index in [0.29, 0.717) is 34.5 Å². The van der Waals surface area contributed by atoms with Gasteiger partial charge in [0, 0.05) is 48.9 Å². The number of imidazole rings is 1. The molecule has 220 valence electrons. The molecule has 3 aliphatic carbocycles. The Hall–Kier alpha value is -3.39. The first kappa shape index (κ1) is 26.3. The minimum atomic E-state index is 0.0405. The second kappa shape index (κ2) is 9.56. The number of hydrogen-bond donors (Lipinski definition) is 1. The maximum absolute atomic E-state index is 13.9. The van der Waals surface area contributed by atoms with Crippen molar-refractivity contribution in [2.24, 2.45) is 28.9 Å². The third-order valence-electron chi connectivity index (χ3n) is 11.1. The highest BCUT2D eigenvalue weighted by Crippen LogP contribution is 2.49. The first-order chi connectivity index (χ1) is 20.4. The lowest BCUT2D eigenvalue weighted by Crippen LogP contribution is -2.41. The van der Waals surface area contributed by atoms with Crippen molar-refractivity contribution >= 4 is 28.0 Å². The number of hydrogen-bond acceptors (Lipinski definition) is 5. The molecule has 4 aliphatic rings. The van der Waals surface area contributed by atoms with Crippen LogP contribution < -0.4 is 10.5 Å². The van der Waals surface area contributed by atoms with Crippen molar-refractivity contribution < 1.29 is 9.53 Å². The number of piperidine rings is 1. The van der Waals surface area contributed by atoms with Gasteiger partial charge in [-0.2, -0.15) is 0 Å². The highest BCUT2D eigenvalue weighted by atomic mass is 16.5. The van der Waals surface area contributed by atoms with Gasteiger partial charge in [0.25, 0.3) is 5.91 Å². The van der Waals surface area contributed by atoms with E-state index in [1.54, 1.807) is 7.11 Å². The zero-order valence-electron chi connectivity index (χ0n) is 25.1. The van der Waals surface area contributed by atoms with Crippen molar-refractivity contribution in [2.45, 2.75) is 84.0 Å². The van der Waals surface area contributed by atoms with Crippen LogP contribution in [0.3, 0.4) is 0 Å². The summed E-state index contributed by atoms with van der Waals surface area (Å²) in [6.45, 7) is 7.29. The highest BCUT2D eigenvalue weighted by molar-refractivity contribution is 6.00. The number of aromatic nitrogens is 4. The van der Waals surface area contributed by atoms with Crippen molar-refractivity contribution in [1.29, 1.82) is 0 Å². The summed E-state index contributed by atoms with van der Waals surface area (Å²) in [5.74, 6) is 3.38. The van der Waals surface area contributed by atoms with E-state index in [1.807, 2.05) is 29.3 Å². The van der Waals surface area contributed by atoms with Crippen LogP contribution in [-0.4, -0.2) is 55.6 Å². The number of carbonyl (C=O) groups excluding carboxylic acids is 1. The molecule has 3 saturated carbocycles. The quantitative estimate of drug-likeness (QED) is 0.289.